The van der Waals surface area contributed by atoms with Crippen LogP contribution in [0.3, 0.4) is 0 Å². The predicted molar refractivity (Wildman–Crippen MR) is 131 cm³/mol. The molecule has 1 amide bonds. The van der Waals surface area contributed by atoms with Gasteiger partial charge in [-0.15, -0.1) is 0 Å². The number of nitrogens with one attached hydrogen (secondary N) is 1. The Morgan fingerprint density at radius 2 is 1.83 bits per heavy atom. The van der Waals surface area contributed by atoms with Crippen LogP contribution < -0.4 is 10.1 Å². The fourth-order valence-electron chi connectivity index (χ4n) is 3.26. The number of aromatic nitrogens is 2. The molecule has 0 spiro atoms. The monoisotopic (exact) mass is 563 g/mol. The summed E-state index contributed by atoms with van der Waals surface area (Å²) in [4.78, 5) is 12.6. The maximum atomic E-state index is 12.9. The number of amides is 1. The molecular formula is C25H18BrClF3N3O2. The van der Waals surface area contributed by atoms with Crippen LogP contribution in [0.25, 0.3) is 0 Å². The number of hydrogen-bond acceptors (Lipinski definition) is 3. The first-order chi connectivity index (χ1) is 16.7. The summed E-state index contributed by atoms with van der Waals surface area (Å²) < 4.78 is 46.8. The van der Waals surface area contributed by atoms with Crippen LogP contribution in [0, 0.1) is 0 Å². The molecular weight excluding hydrogens is 547 g/mol. The minimum absolute atomic E-state index is 0.136. The Hall–Kier alpha value is -3.30. The molecule has 4 rings (SSSR count). The van der Waals surface area contributed by atoms with Crippen LogP contribution in [0.2, 0.25) is 5.02 Å². The van der Waals surface area contributed by atoms with E-state index in [0.717, 1.165) is 22.2 Å². The molecule has 1 heterocycles. The standard InChI is InChI=1S/C25H18BrClF3N3O2/c26-20-8-9-23(22(27)11-20)35-15-16-4-6-18(7-5-16)24(34)32-21-12-31-33(14-21)13-17-2-1-3-19(10-17)25(28,29)30/h1-12,14H,13,15H2,(H,32,34). The topological polar surface area (TPSA) is 56.2 Å². The normalized spacial score (nSPS) is 11.3. The van der Waals surface area contributed by atoms with Crippen molar-refractivity contribution >= 4 is 39.1 Å². The van der Waals surface area contributed by atoms with Crippen molar-refractivity contribution in [2.75, 3.05) is 5.32 Å². The van der Waals surface area contributed by atoms with Crippen molar-refractivity contribution in [3.8, 4) is 5.75 Å². The fourth-order valence-corrected chi connectivity index (χ4v) is 3.98. The summed E-state index contributed by atoms with van der Waals surface area (Å²) in [6.07, 6.45) is -1.41. The SMILES string of the molecule is O=C(Nc1cnn(Cc2cccc(C(F)(F)F)c2)c1)c1ccc(COc2ccc(Br)cc2Cl)cc1. The molecule has 0 atom stereocenters. The molecule has 3 aromatic carbocycles. The number of carbonyl (C=O) groups is 1. The van der Waals surface area contributed by atoms with Crippen molar-refractivity contribution in [2.45, 2.75) is 19.3 Å². The Bertz CT molecular complexity index is 1340. The lowest BCUT2D eigenvalue weighted by molar-refractivity contribution is -0.137. The molecule has 0 saturated carbocycles. The van der Waals surface area contributed by atoms with E-state index in [1.165, 1.54) is 16.9 Å². The van der Waals surface area contributed by atoms with Crippen molar-refractivity contribution in [1.29, 1.82) is 0 Å². The van der Waals surface area contributed by atoms with Crippen LogP contribution in [-0.2, 0) is 19.3 Å². The molecule has 0 aliphatic rings. The van der Waals surface area contributed by atoms with Gasteiger partial charge in [-0.3, -0.25) is 9.48 Å². The highest BCUT2D eigenvalue weighted by Crippen LogP contribution is 2.30. The van der Waals surface area contributed by atoms with E-state index in [1.54, 1.807) is 48.7 Å². The van der Waals surface area contributed by atoms with Crippen LogP contribution >= 0.6 is 27.5 Å². The number of benzene rings is 3. The third-order valence-electron chi connectivity index (χ3n) is 4.99. The van der Waals surface area contributed by atoms with E-state index in [2.05, 4.69) is 26.3 Å². The van der Waals surface area contributed by atoms with E-state index in [1.807, 2.05) is 6.07 Å². The number of hydrogen-bond donors (Lipinski definition) is 1. The van der Waals surface area contributed by atoms with Gasteiger partial charge in [-0.05, 0) is 53.6 Å². The van der Waals surface area contributed by atoms with Crippen molar-refractivity contribution in [3.63, 3.8) is 0 Å². The maximum Gasteiger partial charge on any atom is 0.416 e. The average Bonchev–Trinajstić information content (AvgIpc) is 3.25. The van der Waals surface area contributed by atoms with Gasteiger partial charge in [-0.25, -0.2) is 0 Å². The number of alkyl halides is 3. The van der Waals surface area contributed by atoms with E-state index < -0.39 is 11.7 Å². The van der Waals surface area contributed by atoms with E-state index >= 15 is 0 Å². The molecule has 5 nitrogen and oxygen atoms in total. The van der Waals surface area contributed by atoms with Gasteiger partial charge >= 0.3 is 6.18 Å². The summed E-state index contributed by atoms with van der Waals surface area (Å²) in [5.41, 5.74) is 1.45. The van der Waals surface area contributed by atoms with Gasteiger partial charge in [0.15, 0.2) is 0 Å². The van der Waals surface area contributed by atoms with Crippen LogP contribution in [-0.4, -0.2) is 15.7 Å². The summed E-state index contributed by atoms with van der Waals surface area (Å²) in [6, 6.07) is 17.3. The fraction of sp³-hybridized carbons (Fsp3) is 0.120. The van der Waals surface area contributed by atoms with Crippen molar-refractivity contribution in [3.05, 3.63) is 111 Å². The lowest BCUT2D eigenvalue weighted by Crippen LogP contribution is -2.11. The lowest BCUT2D eigenvalue weighted by Gasteiger charge is -2.09. The zero-order valence-corrected chi connectivity index (χ0v) is 20.4. The molecule has 0 unspecified atom stereocenters. The molecule has 0 aliphatic heterocycles. The first-order valence-electron chi connectivity index (χ1n) is 10.3. The third kappa shape index (κ3) is 6.64. The third-order valence-corrected chi connectivity index (χ3v) is 5.78. The van der Waals surface area contributed by atoms with Crippen LogP contribution in [0.15, 0.2) is 83.6 Å². The summed E-state index contributed by atoms with van der Waals surface area (Å²) in [7, 11) is 0. The summed E-state index contributed by atoms with van der Waals surface area (Å²) in [5.74, 6) is 0.214. The highest BCUT2D eigenvalue weighted by atomic mass is 79.9. The second-order valence-electron chi connectivity index (χ2n) is 7.64. The first kappa shape index (κ1) is 24.8. The summed E-state index contributed by atoms with van der Waals surface area (Å²) >= 11 is 9.49. The van der Waals surface area contributed by atoms with Crippen molar-refractivity contribution in [2.24, 2.45) is 0 Å². The molecule has 0 radical (unpaired) electrons. The van der Waals surface area contributed by atoms with Crippen molar-refractivity contribution < 1.29 is 22.7 Å². The number of ether oxygens (including phenoxy) is 1. The Morgan fingerprint density at radius 3 is 2.54 bits per heavy atom. The minimum Gasteiger partial charge on any atom is -0.487 e. The first-order valence-corrected chi connectivity index (χ1v) is 11.5. The van der Waals surface area contributed by atoms with Crippen molar-refractivity contribution in [1.82, 2.24) is 9.78 Å². The smallest absolute Gasteiger partial charge is 0.416 e. The second kappa shape index (κ2) is 10.5. The molecule has 0 fully saturated rings. The maximum absolute atomic E-state index is 12.9. The number of anilines is 1. The molecule has 0 aliphatic carbocycles. The molecule has 1 aromatic heterocycles. The highest BCUT2D eigenvalue weighted by molar-refractivity contribution is 9.10. The van der Waals surface area contributed by atoms with Gasteiger partial charge in [0.05, 0.1) is 29.0 Å². The molecule has 1 N–H and O–H groups in total. The van der Waals surface area contributed by atoms with Gasteiger partial charge in [0.25, 0.3) is 5.91 Å². The molecule has 35 heavy (non-hydrogen) atoms. The quantitative estimate of drug-likeness (QED) is 0.258. The van der Waals surface area contributed by atoms with Gasteiger partial charge in [0, 0.05) is 16.2 Å². The Labute approximate surface area is 212 Å². The van der Waals surface area contributed by atoms with Gasteiger partial charge in [0.1, 0.15) is 12.4 Å². The number of nitrogens with zero attached hydrogens (tertiary/aromatic N) is 2. The Balaban J connectivity index is 1.34. The number of carbonyl (C=O) groups excluding carboxylic acids is 1. The molecule has 0 bridgehead atoms. The molecule has 10 heteroatoms. The van der Waals surface area contributed by atoms with Gasteiger partial charge in [-0.1, -0.05) is 51.8 Å². The van der Waals surface area contributed by atoms with E-state index in [9.17, 15) is 18.0 Å². The average molecular weight is 565 g/mol. The van der Waals surface area contributed by atoms with Crippen LogP contribution in [0.4, 0.5) is 18.9 Å². The van der Waals surface area contributed by atoms with E-state index in [4.69, 9.17) is 16.3 Å². The summed E-state index contributed by atoms with van der Waals surface area (Å²) in [5, 5.41) is 7.34. The summed E-state index contributed by atoms with van der Waals surface area (Å²) in [6.45, 7) is 0.419. The molecule has 4 aromatic rings. The number of rotatable bonds is 7. The lowest BCUT2D eigenvalue weighted by atomic mass is 10.1. The zero-order valence-electron chi connectivity index (χ0n) is 18.0. The van der Waals surface area contributed by atoms with E-state index in [0.29, 0.717) is 27.6 Å². The Kier molecular flexibility index (Phi) is 7.47. The van der Waals surface area contributed by atoms with E-state index in [-0.39, 0.29) is 19.1 Å². The van der Waals surface area contributed by atoms with Crippen LogP contribution in [0.1, 0.15) is 27.0 Å². The van der Waals surface area contributed by atoms with Gasteiger partial charge in [-0.2, -0.15) is 18.3 Å². The van der Waals surface area contributed by atoms with Gasteiger partial charge < -0.3 is 10.1 Å². The van der Waals surface area contributed by atoms with Crippen LogP contribution in [0.5, 0.6) is 5.75 Å². The second-order valence-corrected chi connectivity index (χ2v) is 8.96. The predicted octanol–water partition coefficient (Wildman–Crippen LogP) is 7.20. The molecule has 180 valence electrons. The largest absolute Gasteiger partial charge is 0.487 e. The zero-order chi connectivity index (χ0) is 25.0. The minimum atomic E-state index is -4.41. The Morgan fingerprint density at radius 1 is 1.06 bits per heavy atom. The molecule has 0 saturated heterocycles. The highest BCUT2D eigenvalue weighted by Gasteiger charge is 2.30. The van der Waals surface area contributed by atoms with Gasteiger partial charge in [0.2, 0.25) is 0 Å². The number of halogens is 5.